The van der Waals surface area contributed by atoms with E-state index in [-0.39, 0.29) is 5.97 Å². The first kappa shape index (κ1) is 11.4. The molecular weight excluding hydrogens is 156 g/mol. The molecule has 0 N–H and O–H groups in total. The minimum Gasteiger partial charge on any atom is -0.463 e. The summed E-state index contributed by atoms with van der Waals surface area (Å²) in [6.07, 6.45) is 1.12. The smallest absolute Gasteiger partial charge is 0.302 e. The zero-order chi connectivity index (χ0) is 9.40. The summed E-state index contributed by atoms with van der Waals surface area (Å²) in [5, 5.41) is 0. The molecule has 1 atom stereocenters. The number of ether oxygens (including phenoxy) is 2. The van der Waals surface area contributed by atoms with Gasteiger partial charge in [0.15, 0.2) is 0 Å². The number of carbonyl (C=O) groups excluding carboxylic acids is 1. The fraction of sp³-hybridized carbons (Fsp3) is 0.889. The van der Waals surface area contributed by atoms with Gasteiger partial charge in [0.25, 0.3) is 0 Å². The highest BCUT2D eigenvalue weighted by atomic mass is 16.6. The second-order valence-electron chi connectivity index (χ2n) is 2.93. The van der Waals surface area contributed by atoms with Gasteiger partial charge in [0.2, 0.25) is 0 Å². The van der Waals surface area contributed by atoms with E-state index >= 15 is 0 Å². The lowest BCUT2D eigenvalue weighted by Crippen LogP contribution is -2.11. The monoisotopic (exact) mass is 174 g/mol. The van der Waals surface area contributed by atoms with Gasteiger partial charge in [0.1, 0.15) is 6.61 Å². The van der Waals surface area contributed by atoms with Crippen LogP contribution in [0.3, 0.4) is 0 Å². The number of rotatable bonds is 6. The van der Waals surface area contributed by atoms with Crippen molar-refractivity contribution in [2.24, 2.45) is 5.92 Å². The molecule has 3 heteroatoms. The molecule has 0 radical (unpaired) electrons. The lowest BCUT2D eigenvalue weighted by atomic mass is 10.1. The molecule has 0 heterocycles. The van der Waals surface area contributed by atoms with Crippen LogP contribution in [0.5, 0.6) is 0 Å². The Kier molecular flexibility index (Phi) is 6.76. The Bertz CT molecular complexity index is 123. The molecule has 0 aromatic heterocycles. The van der Waals surface area contributed by atoms with E-state index < -0.39 is 0 Å². The molecule has 0 aliphatic carbocycles. The highest BCUT2D eigenvalue weighted by molar-refractivity contribution is 5.65. The number of hydrogen-bond donors (Lipinski definition) is 0. The summed E-state index contributed by atoms with van der Waals surface area (Å²) in [7, 11) is 0. The van der Waals surface area contributed by atoms with E-state index in [4.69, 9.17) is 9.47 Å². The van der Waals surface area contributed by atoms with Gasteiger partial charge in [-0.1, -0.05) is 20.3 Å². The quantitative estimate of drug-likeness (QED) is 0.453. The van der Waals surface area contributed by atoms with Gasteiger partial charge in [0, 0.05) is 13.5 Å². The SMILES string of the molecule is CCC(C)COCCOC(C)=O. The fourth-order valence-corrected chi connectivity index (χ4v) is 0.647. The highest BCUT2D eigenvalue weighted by Crippen LogP contribution is 1.99. The predicted molar refractivity (Wildman–Crippen MR) is 46.9 cm³/mol. The van der Waals surface area contributed by atoms with Crippen molar-refractivity contribution in [3.05, 3.63) is 0 Å². The Labute approximate surface area is 74.0 Å². The molecule has 0 fully saturated rings. The summed E-state index contributed by atoms with van der Waals surface area (Å²) in [6.45, 7) is 7.27. The Morgan fingerprint density at radius 3 is 2.58 bits per heavy atom. The van der Waals surface area contributed by atoms with Gasteiger partial charge in [-0.25, -0.2) is 0 Å². The van der Waals surface area contributed by atoms with Crippen LogP contribution in [0.2, 0.25) is 0 Å². The Balaban J connectivity index is 3.05. The van der Waals surface area contributed by atoms with Gasteiger partial charge in [-0.15, -0.1) is 0 Å². The van der Waals surface area contributed by atoms with Crippen molar-refractivity contribution in [2.45, 2.75) is 27.2 Å². The van der Waals surface area contributed by atoms with Crippen molar-refractivity contribution >= 4 is 5.97 Å². The normalized spacial score (nSPS) is 12.6. The van der Waals surface area contributed by atoms with Crippen LogP contribution in [0.15, 0.2) is 0 Å². The van der Waals surface area contributed by atoms with Crippen molar-refractivity contribution in [1.82, 2.24) is 0 Å². The maximum absolute atomic E-state index is 10.3. The van der Waals surface area contributed by atoms with Gasteiger partial charge >= 0.3 is 5.97 Å². The fourth-order valence-electron chi connectivity index (χ4n) is 0.647. The highest BCUT2D eigenvalue weighted by Gasteiger charge is 1.98. The summed E-state index contributed by atoms with van der Waals surface area (Å²) < 4.78 is 9.95. The average molecular weight is 174 g/mol. The van der Waals surface area contributed by atoms with E-state index in [9.17, 15) is 4.79 Å². The molecule has 0 saturated heterocycles. The largest absolute Gasteiger partial charge is 0.463 e. The van der Waals surface area contributed by atoms with E-state index in [1.807, 2.05) is 0 Å². The minimum atomic E-state index is -0.248. The number of esters is 1. The third kappa shape index (κ3) is 7.54. The Morgan fingerprint density at radius 1 is 1.42 bits per heavy atom. The third-order valence-corrected chi connectivity index (χ3v) is 1.63. The topological polar surface area (TPSA) is 35.5 Å². The first-order chi connectivity index (χ1) is 5.66. The van der Waals surface area contributed by atoms with E-state index in [1.165, 1.54) is 6.92 Å². The summed E-state index contributed by atoms with van der Waals surface area (Å²) >= 11 is 0. The van der Waals surface area contributed by atoms with E-state index in [0.717, 1.165) is 13.0 Å². The third-order valence-electron chi connectivity index (χ3n) is 1.63. The molecule has 0 aliphatic heterocycles. The summed E-state index contributed by atoms with van der Waals surface area (Å²) in [5.74, 6) is 0.337. The summed E-state index contributed by atoms with van der Waals surface area (Å²) in [5.41, 5.74) is 0. The van der Waals surface area contributed by atoms with Crippen molar-refractivity contribution in [2.75, 3.05) is 19.8 Å². The molecule has 3 nitrogen and oxygen atoms in total. The van der Waals surface area contributed by atoms with Gasteiger partial charge in [-0.3, -0.25) is 4.79 Å². The Morgan fingerprint density at radius 2 is 2.08 bits per heavy atom. The molecule has 0 bridgehead atoms. The summed E-state index contributed by atoms with van der Waals surface area (Å²) in [4.78, 5) is 10.3. The molecule has 12 heavy (non-hydrogen) atoms. The van der Waals surface area contributed by atoms with Crippen LogP contribution in [0.4, 0.5) is 0 Å². The standard InChI is InChI=1S/C9H18O3/c1-4-8(2)7-11-5-6-12-9(3)10/h8H,4-7H2,1-3H3. The zero-order valence-corrected chi connectivity index (χ0v) is 8.13. The predicted octanol–water partition coefficient (Wildman–Crippen LogP) is 1.61. The van der Waals surface area contributed by atoms with Crippen LogP contribution in [0, 0.1) is 5.92 Å². The van der Waals surface area contributed by atoms with Crippen LogP contribution < -0.4 is 0 Å². The molecule has 0 spiro atoms. The second kappa shape index (κ2) is 7.10. The van der Waals surface area contributed by atoms with Crippen LogP contribution in [-0.2, 0) is 14.3 Å². The van der Waals surface area contributed by atoms with Crippen molar-refractivity contribution < 1.29 is 14.3 Å². The lowest BCUT2D eigenvalue weighted by Gasteiger charge is -2.08. The van der Waals surface area contributed by atoms with Gasteiger partial charge in [-0.05, 0) is 5.92 Å². The molecule has 0 saturated carbocycles. The van der Waals surface area contributed by atoms with Gasteiger partial charge in [0.05, 0.1) is 6.61 Å². The average Bonchev–Trinajstić information content (AvgIpc) is 2.03. The molecule has 0 aromatic carbocycles. The maximum atomic E-state index is 10.3. The summed E-state index contributed by atoms with van der Waals surface area (Å²) in [6, 6.07) is 0. The first-order valence-corrected chi connectivity index (χ1v) is 4.38. The van der Waals surface area contributed by atoms with Crippen LogP contribution in [0.1, 0.15) is 27.2 Å². The first-order valence-electron chi connectivity index (χ1n) is 4.38. The number of hydrogen-bond acceptors (Lipinski definition) is 3. The molecule has 72 valence electrons. The maximum Gasteiger partial charge on any atom is 0.302 e. The van der Waals surface area contributed by atoms with Crippen LogP contribution in [-0.4, -0.2) is 25.8 Å². The van der Waals surface area contributed by atoms with E-state index in [0.29, 0.717) is 19.1 Å². The van der Waals surface area contributed by atoms with Crippen molar-refractivity contribution in [3.63, 3.8) is 0 Å². The van der Waals surface area contributed by atoms with E-state index in [1.54, 1.807) is 0 Å². The molecule has 0 aromatic rings. The minimum absolute atomic E-state index is 0.248. The molecule has 0 amide bonds. The van der Waals surface area contributed by atoms with Crippen LogP contribution >= 0.6 is 0 Å². The molecular formula is C9H18O3. The zero-order valence-electron chi connectivity index (χ0n) is 8.13. The number of carbonyl (C=O) groups is 1. The second-order valence-corrected chi connectivity index (χ2v) is 2.93. The van der Waals surface area contributed by atoms with Gasteiger partial charge in [-0.2, -0.15) is 0 Å². The van der Waals surface area contributed by atoms with Crippen molar-refractivity contribution in [1.29, 1.82) is 0 Å². The van der Waals surface area contributed by atoms with Gasteiger partial charge < -0.3 is 9.47 Å². The molecule has 1 unspecified atom stereocenters. The molecule has 0 aliphatic rings. The van der Waals surface area contributed by atoms with Crippen LogP contribution in [0.25, 0.3) is 0 Å². The lowest BCUT2D eigenvalue weighted by molar-refractivity contribution is -0.142. The van der Waals surface area contributed by atoms with Crippen molar-refractivity contribution in [3.8, 4) is 0 Å². The van der Waals surface area contributed by atoms with E-state index in [2.05, 4.69) is 13.8 Å². The molecule has 0 rings (SSSR count). The Hall–Kier alpha value is -0.570.